The van der Waals surface area contributed by atoms with Crippen molar-refractivity contribution in [2.24, 2.45) is 5.41 Å². The molecule has 0 N–H and O–H groups in total. The van der Waals surface area contributed by atoms with Gasteiger partial charge in [0.25, 0.3) is 0 Å². The number of alkyl halides is 3. The van der Waals surface area contributed by atoms with Crippen LogP contribution in [-0.2, 0) is 6.42 Å². The highest BCUT2D eigenvalue weighted by atomic mass is 19.4. The molecule has 0 bridgehead atoms. The molecule has 1 aliphatic carbocycles. The molecular formula is C12H11F3O. The highest BCUT2D eigenvalue weighted by Crippen LogP contribution is 2.50. The van der Waals surface area contributed by atoms with E-state index in [0.29, 0.717) is 5.56 Å². The van der Waals surface area contributed by atoms with Crippen LogP contribution in [0.3, 0.4) is 0 Å². The second-order valence-electron chi connectivity index (χ2n) is 4.10. The van der Waals surface area contributed by atoms with E-state index in [2.05, 4.69) is 0 Å². The van der Waals surface area contributed by atoms with Crippen molar-refractivity contribution in [3.63, 3.8) is 0 Å². The Bertz CT molecular complexity index is 436. The molecule has 86 valence electrons. The van der Waals surface area contributed by atoms with Gasteiger partial charge in [0.05, 0.1) is 0 Å². The number of fused-ring (bicyclic) bond motifs is 1. The van der Waals surface area contributed by atoms with E-state index in [4.69, 9.17) is 0 Å². The second kappa shape index (κ2) is 3.34. The van der Waals surface area contributed by atoms with Gasteiger partial charge in [-0.2, -0.15) is 13.2 Å². The summed E-state index contributed by atoms with van der Waals surface area (Å²) in [7, 11) is 0. The van der Waals surface area contributed by atoms with Gasteiger partial charge >= 0.3 is 6.18 Å². The number of Topliss-reactive ketones (excluding diaryl/α,β-unsaturated/α-hetero) is 1. The molecule has 0 saturated heterocycles. The average Bonchev–Trinajstić information content (AvgIpc) is 2.53. The van der Waals surface area contributed by atoms with Gasteiger partial charge in [-0.15, -0.1) is 0 Å². The molecule has 0 aliphatic heterocycles. The van der Waals surface area contributed by atoms with Crippen molar-refractivity contribution >= 4 is 5.78 Å². The van der Waals surface area contributed by atoms with Crippen LogP contribution in [0.4, 0.5) is 13.2 Å². The molecule has 1 atom stereocenters. The third kappa shape index (κ3) is 1.29. The first-order valence-corrected chi connectivity index (χ1v) is 5.12. The minimum absolute atomic E-state index is 0.204. The van der Waals surface area contributed by atoms with Gasteiger partial charge in [0.2, 0.25) is 0 Å². The maximum Gasteiger partial charge on any atom is 0.401 e. The summed E-state index contributed by atoms with van der Waals surface area (Å²) >= 11 is 0. The number of benzene rings is 1. The summed E-state index contributed by atoms with van der Waals surface area (Å²) in [6.07, 6.45) is -4.90. The lowest BCUT2D eigenvalue weighted by Crippen LogP contribution is -2.42. The molecule has 2 rings (SSSR count). The van der Waals surface area contributed by atoms with Gasteiger partial charge in [0.15, 0.2) is 5.78 Å². The van der Waals surface area contributed by atoms with Crippen LogP contribution >= 0.6 is 0 Å². The molecule has 0 aromatic heterocycles. The largest absolute Gasteiger partial charge is 0.401 e. The smallest absolute Gasteiger partial charge is 0.293 e. The molecule has 1 aromatic rings. The van der Waals surface area contributed by atoms with Gasteiger partial charge in [-0.1, -0.05) is 31.2 Å². The van der Waals surface area contributed by atoms with Crippen molar-refractivity contribution in [2.45, 2.75) is 25.9 Å². The first-order valence-electron chi connectivity index (χ1n) is 5.12. The number of hydrogen-bond acceptors (Lipinski definition) is 1. The predicted molar refractivity (Wildman–Crippen MR) is 53.3 cm³/mol. The van der Waals surface area contributed by atoms with Crippen LogP contribution in [0.1, 0.15) is 29.3 Å². The number of ketones is 1. The highest BCUT2D eigenvalue weighted by Gasteiger charge is 2.61. The molecule has 4 heteroatoms. The van der Waals surface area contributed by atoms with E-state index >= 15 is 0 Å². The number of hydrogen-bond donors (Lipinski definition) is 0. The fourth-order valence-electron chi connectivity index (χ4n) is 2.27. The van der Waals surface area contributed by atoms with E-state index in [1.54, 1.807) is 18.2 Å². The summed E-state index contributed by atoms with van der Waals surface area (Å²) in [6.45, 7) is 1.41. The van der Waals surface area contributed by atoms with E-state index in [1.807, 2.05) is 0 Å². The molecule has 0 radical (unpaired) electrons. The summed E-state index contributed by atoms with van der Waals surface area (Å²) < 4.78 is 39.0. The molecule has 1 unspecified atom stereocenters. The monoisotopic (exact) mass is 228 g/mol. The first kappa shape index (κ1) is 11.2. The van der Waals surface area contributed by atoms with Gasteiger partial charge in [0, 0.05) is 5.56 Å². The number of carbonyl (C=O) groups is 1. The van der Waals surface area contributed by atoms with Gasteiger partial charge in [0.1, 0.15) is 5.41 Å². The Kier molecular flexibility index (Phi) is 2.33. The maximum absolute atomic E-state index is 13.0. The summed E-state index contributed by atoms with van der Waals surface area (Å²) in [6, 6.07) is 6.32. The molecular weight excluding hydrogens is 217 g/mol. The molecule has 0 spiro atoms. The number of carbonyl (C=O) groups excluding carboxylic acids is 1. The predicted octanol–water partition coefficient (Wildman–Crippen LogP) is 3.38. The quantitative estimate of drug-likeness (QED) is 0.720. The lowest BCUT2D eigenvalue weighted by molar-refractivity contribution is -0.203. The number of rotatable bonds is 1. The van der Waals surface area contributed by atoms with Crippen molar-refractivity contribution < 1.29 is 18.0 Å². The van der Waals surface area contributed by atoms with Crippen LogP contribution in [0.15, 0.2) is 24.3 Å². The van der Waals surface area contributed by atoms with Gasteiger partial charge in [-0.05, 0) is 18.4 Å². The number of halogens is 3. The summed E-state index contributed by atoms with van der Waals surface area (Å²) in [5, 5.41) is 0. The highest BCUT2D eigenvalue weighted by molar-refractivity contribution is 6.05. The topological polar surface area (TPSA) is 17.1 Å². The Balaban J connectivity index is 2.54. The van der Waals surface area contributed by atoms with Crippen molar-refractivity contribution in [1.29, 1.82) is 0 Å². The fourth-order valence-corrected chi connectivity index (χ4v) is 2.27. The zero-order chi connectivity index (χ0) is 12.0. The van der Waals surface area contributed by atoms with Gasteiger partial charge in [-0.3, -0.25) is 4.79 Å². The maximum atomic E-state index is 13.0. The molecule has 1 aliphatic rings. The summed E-state index contributed by atoms with van der Waals surface area (Å²) in [4.78, 5) is 11.9. The van der Waals surface area contributed by atoms with Crippen LogP contribution in [-0.4, -0.2) is 12.0 Å². The van der Waals surface area contributed by atoms with E-state index in [0.717, 1.165) is 0 Å². The van der Waals surface area contributed by atoms with E-state index in [1.165, 1.54) is 13.0 Å². The Labute approximate surface area is 91.3 Å². The Morgan fingerprint density at radius 3 is 2.44 bits per heavy atom. The summed E-state index contributed by atoms with van der Waals surface area (Å²) in [5.41, 5.74) is -1.47. The van der Waals surface area contributed by atoms with Crippen LogP contribution < -0.4 is 0 Å². The van der Waals surface area contributed by atoms with E-state index in [9.17, 15) is 18.0 Å². The fraction of sp³-hybridized carbons (Fsp3) is 0.417. The Hall–Kier alpha value is -1.32. The molecule has 0 heterocycles. The lowest BCUT2D eigenvalue weighted by atomic mass is 9.80. The van der Waals surface area contributed by atoms with E-state index < -0.39 is 17.4 Å². The first-order chi connectivity index (χ1) is 7.42. The van der Waals surface area contributed by atoms with Crippen molar-refractivity contribution in [1.82, 2.24) is 0 Å². The average molecular weight is 228 g/mol. The summed E-state index contributed by atoms with van der Waals surface area (Å²) in [5.74, 6) is -0.780. The lowest BCUT2D eigenvalue weighted by Gasteiger charge is -2.28. The molecule has 0 fully saturated rings. The molecule has 1 aromatic carbocycles. The molecule has 0 saturated carbocycles. The van der Waals surface area contributed by atoms with Crippen molar-refractivity contribution in [3.05, 3.63) is 35.4 Å². The Morgan fingerprint density at radius 2 is 1.94 bits per heavy atom. The van der Waals surface area contributed by atoms with Gasteiger partial charge in [-0.25, -0.2) is 0 Å². The van der Waals surface area contributed by atoms with E-state index in [-0.39, 0.29) is 18.4 Å². The van der Waals surface area contributed by atoms with Crippen LogP contribution in [0.5, 0.6) is 0 Å². The van der Waals surface area contributed by atoms with Crippen molar-refractivity contribution in [2.75, 3.05) is 0 Å². The third-order valence-electron chi connectivity index (χ3n) is 3.34. The zero-order valence-corrected chi connectivity index (χ0v) is 8.77. The molecule has 0 amide bonds. The SMILES string of the molecule is CCC1(C(F)(F)F)Cc2ccccc2C1=O. The van der Waals surface area contributed by atoms with Crippen LogP contribution in [0.25, 0.3) is 0 Å². The van der Waals surface area contributed by atoms with Crippen LogP contribution in [0.2, 0.25) is 0 Å². The minimum atomic E-state index is -4.47. The molecule has 16 heavy (non-hydrogen) atoms. The van der Waals surface area contributed by atoms with Crippen LogP contribution in [0, 0.1) is 5.41 Å². The second-order valence-corrected chi connectivity index (χ2v) is 4.10. The standard InChI is InChI=1S/C12H11F3O/c1-2-11(12(13,14)15)7-8-5-3-4-6-9(8)10(11)16/h3-6H,2,7H2,1H3. The minimum Gasteiger partial charge on any atom is -0.293 e. The van der Waals surface area contributed by atoms with Gasteiger partial charge < -0.3 is 0 Å². The normalized spacial score (nSPS) is 24.6. The zero-order valence-electron chi connectivity index (χ0n) is 8.77. The van der Waals surface area contributed by atoms with Crippen molar-refractivity contribution in [3.8, 4) is 0 Å². The Morgan fingerprint density at radius 1 is 1.31 bits per heavy atom. The third-order valence-corrected chi connectivity index (χ3v) is 3.34. The molecule has 1 nitrogen and oxygen atoms in total.